The molecule has 1 aliphatic carbocycles. The molecule has 4 nitrogen and oxygen atoms in total. The summed E-state index contributed by atoms with van der Waals surface area (Å²) in [5, 5.41) is 12.6. The molecule has 1 atom stereocenters. The summed E-state index contributed by atoms with van der Waals surface area (Å²) in [5.74, 6) is 1.11. The summed E-state index contributed by atoms with van der Waals surface area (Å²) in [4.78, 5) is 8.28. The lowest BCUT2D eigenvalue weighted by atomic mass is 9.97. The third kappa shape index (κ3) is 2.46. The summed E-state index contributed by atoms with van der Waals surface area (Å²) in [6, 6.07) is 0. The van der Waals surface area contributed by atoms with Gasteiger partial charge in [0.25, 0.3) is 0 Å². The van der Waals surface area contributed by atoms with Crippen LogP contribution in [0, 0.1) is 5.92 Å². The highest BCUT2D eigenvalue weighted by molar-refractivity contribution is 9.10. The van der Waals surface area contributed by atoms with Crippen LogP contribution in [-0.4, -0.2) is 27.2 Å². The number of halogens is 1. The zero-order valence-corrected chi connectivity index (χ0v) is 10.2. The van der Waals surface area contributed by atoms with Gasteiger partial charge in [-0.25, -0.2) is 9.97 Å². The van der Waals surface area contributed by atoms with Gasteiger partial charge in [0.05, 0.1) is 16.6 Å². The quantitative estimate of drug-likeness (QED) is 0.877. The number of aliphatic hydroxyl groups is 1. The van der Waals surface area contributed by atoms with Gasteiger partial charge in [-0.05, 0) is 41.6 Å². The maximum atomic E-state index is 9.38. The van der Waals surface area contributed by atoms with Crippen LogP contribution in [-0.2, 0) is 0 Å². The largest absolute Gasteiger partial charge is 0.394 e. The molecule has 1 aromatic rings. The standard InChI is InChI=1S/C10H14BrN3O/c1-10(6-15,7-2-3-7)14-9-12-4-8(11)5-13-9/h4-5,7,15H,2-3,6H2,1H3,(H,12,13,14). The van der Waals surface area contributed by atoms with Crippen LogP contribution in [0.3, 0.4) is 0 Å². The van der Waals surface area contributed by atoms with Crippen LogP contribution in [0.15, 0.2) is 16.9 Å². The van der Waals surface area contributed by atoms with Crippen molar-refractivity contribution in [1.29, 1.82) is 0 Å². The first kappa shape index (κ1) is 10.8. The second-order valence-corrected chi connectivity index (χ2v) is 5.12. The SMILES string of the molecule is CC(CO)(Nc1ncc(Br)cn1)C1CC1. The highest BCUT2D eigenvalue weighted by Gasteiger charge is 2.41. The van der Waals surface area contributed by atoms with Crippen LogP contribution in [0.1, 0.15) is 19.8 Å². The molecule has 0 spiro atoms. The van der Waals surface area contributed by atoms with Gasteiger partial charge in [-0.2, -0.15) is 0 Å². The van der Waals surface area contributed by atoms with Crippen molar-refractivity contribution < 1.29 is 5.11 Å². The van der Waals surface area contributed by atoms with E-state index in [-0.39, 0.29) is 12.1 Å². The number of hydrogen-bond acceptors (Lipinski definition) is 4. The number of aromatic nitrogens is 2. The molecule has 0 saturated heterocycles. The van der Waals surface area contributed by atoms with E-state index in [9.17, 15) is 5.11 Å². The Morgan fingerprint density at radius 2 is 2.13 bits per heavy atom. The van der Waals surface area contributed by atoms with Gasteiger partial charge in [0.1, 0.15) is 0 Å². The van der Waals surface area contributed by atoms with Crippen molar-refractivity contribution in [3.63, 3.8) is 0 Å². The van der Waals surface area contributed by atoms with Gasteiger partial charge in [-0.15, -0.1) is 0 Å². The normalized spacial score (nSPS) is 19.7. The number of rotatable bonds is 4. The smallest absolute Gasteiger partial charge is 0.223 e. The first-order valence-corrected chi connectivity index (χ1v) is 5.80. The van der Waals surface area contributed by atoms with Gasteiger partial charge in [0, 0.05) is 12.4 Å². The molecule has 2 rings (SSSR count). The van der Waals surface area contributed by atoms with Gasteiger partial charge in [0.15, 0.2) is 0 Å². The van der Waals surface area contributed by atoms with E-state index in [1.54, 1.807) is 12.4 Å². The fourth-order valence-corrected chi connectivity index (χ4v) is 1.83. The molecule has 5 heteroatoms. The average molecular weight is 272 g/mol. The Morgan fingerprint density at radius 1 is 1.53 bits per heavy atom. The van der Waals surface area contributed by atoms with Crippen molar-refractivity contribution in [3.8, 4) is 0 Å². The molecule has 0 aliphatic heterocycles. The van der Waals surface area contributed by atoms with Gasteiger partial charge in [0.2, 0.25) is 5.95 Å². The molecule has 1 fully saturated rings. The van der Waals surface area contributed by atoms with Crippen LogP contribution in [0.5, 0.6) is 0 Å². The Labute approximate surface area is 97.3 Å². The molecule has 1 heterocycles. The minimum Gasteiger partial charge on any atom is -0.394 e. The zero-order chi connectivity index (χ0) is 10.9. The number of aliphatic hydroxyl groups excluding tert-OH is 1. The van der Waals surface area contributed by atoms with E-state index in [1.165, 1.54) is 12.8 Å². The van der Waals surface area contributed by atoms with Crippen molar-refractivity contribution in [2.24, 2.45) is 5.92 Å². The van der Waals surface area contributed by atoms with Crippen LogP contribution >= 0.6 is 15.9 Å². The summed E-state index contributed by atoms with van der Waals surface area (Å²) in [6.45, 7) is 2.12. The number of anilines is 1. The number of hydrogen-bond donors (Lipinski definition) is 2. The fraction of sp³-hybridized carbons (Fsp3) is 0.600. The molecule has 0 aromatic carbocycles. The van der Waals surface area contributed by atoms with Gasteiger partial charge < -0.3 is 10.4 Å². The Bertz CT molecular complexity index is 339. The molecule has 2 N–H and O–H groups in total. The third-order valence-corrected chi connectivity index (χ3v) is 3.23. The Balaban J connectivity index is 2.09. The summed E-state index contributed by atoms with van der Waals surface area (Å²) in [6.07, 6.45) is 5.72. The topological polar surface area (TPSA) is 58.0 Å². The van der Waals surface area contributed by atoms with E-state index < -0.39 is 0 Å². The van der Waals surface area contributed by atoms with Crippen LogP contribution < -0.4 is 5.32 Å². The highest BCUT2D eigenvalue weighted by Crippen LogP contribution is 2.40. The van der Waals surface area contributed by atoms with Gasteiger partial charge in [-0.3, -0.25) is 0 Å². The van der Waals surface area contributed by atoms with Crippen LogP contribution in [0.2, 0.25) is 0 Å². The number of nitrogens with zero attached hydrogens (tertiary/aromatic N) is 2. The number of nitrogens with one attached hydrogen (secondary N) is 1. The first-order valence-electron chi connectivity index (χ1n) is 5.00. The Morgan fingerprint density at radius 3 is 2.60 bits per heavy atom. The lowest BCUT2D eigenvalue weighted by Gasteiger charge is -2.28. The molecule has 1 unspecified atom stereocenters. The Kier molecular flexibility index (Phi) is 2.93. The van der Waals surface area contributed by atoms with Crippen molar-refractivity contribution in [2.45, 2.75) is 25.3 Å². The highest BCUT2D eigenvalue weighted by atomic mass is 79.9. The van der Waals surface area contributed by atoms with E-state index in [1.807, 2.05) is 6.92 Å². The molecule has 15 heavy (non-hydrogen) atoms. The third-order valence-electron chi connectivity index (χ3n) is 2.82. The summed E-state index contributed by atoms with van der Waals surface area (Å²) in [5.41, 5.74) is -0.284. The molecule has 1 aromatic heterocycles. The predicted molar refractivity (Wildman–Crippen MR) is 61.6 cm³/mol. The lowest BCUT2D eigenvalue weighted by Crippen LogP contribution is -2.41. The summed E-state index contributed by atoms with van der Waals surface area (Å²) < 4.78 is 0.852. The molecule has 1 saturated carbocycles. The molecular weight excluding hydrogens is 258 g/mol. The van der Waals surface area contributed by atoms with Gasteiger partial charge in [-0.1, -0.05) is 0 Å². The van der Waals surface area contributed by atoms with Crippen molar-refractivity contribution in [3.05, 3.63) is 16.9 Å². The van der Waals surface area contributed by atoms with Crippen molar-refractivity contribution >= 4 is 21.9 Å². The average Bonchev–Trinajstić information content (AvgIpc) is 3.05. The molecular formula is C10H14BrN3O. The molecule has 0 amide bonds. The second-order valence-electron chi connectivity index (χ2n) is 4.20. The maximum absolute atomic E-state index is 9.38. The first-order chi connectivity index (χ1) is 7.14. The minimum atomic E-state index is -0.284. The van der Waals surface area contributed by atoms with Crippen molar-refractivity contribution in [1.82, 2.24) is 9.97 Å². The van der Waals surface area contributed by atoms with E-state index in [0.717, 1.165) is 4.47 Å². The van der Waals surface area contributed by atoms with E-state index >= 15 is 0 Å². The maximum Gasteiger partial charge on any atom is 0.223 e. The van der Waals surface area contributed by atoms with Crippen molar-refractivity contribution in [2.75, 3.05) is 11.9 Å². The molecule has 0 radical (unpaired) electrons. The lowest BCUT2D eigenvalue weighted by molar-refractivity contribution is 0.205. The fourth-order valence-electron chi connectivity index (χ4n) is 1.62. The minimum absolute atomic E-state index is 0.108. The molecule has 82 valence electrons. The zero-order valence-electron chi connectivity index (χ0n) is 8.57. The van der Waals surface area contributed by atoms with E-state index in [4.69, 9.17) is 0 Å². The van der Waals surface area contributed by atoms with Crippen LogP contribution in [0.25, 0.3) is 0 Å². The summed E-state index contributed by atoms with van der Waals surface area (Å²) >= 11 is 3.28. The van der Waals surface area contributed by atoms with Crippen LogP contribution in [0.4, 0.5) is 5.95 Å². The van der Waals surface area contributed by atoms with E-state index in [2.05, 4.69) is 31.2 Å². The van der Waals surface area contributed by atoms with E-state index in [0.29, 0.717) is 11.9 Å². The molecule has 1 aliphatic rings. The predicted octanol–water partition coefficient (Wildman–Crippen LogP) is 1.81. The van der Waals surface area contributed by atoms with Gasteiger partial charge >= 0.3 is 0 Å². The Hall–Kier alpha value is -0.680. The second kappa shape index (κ2) is 4.06. The molecule has 0 bridgehead atoms. The monoisotopic (exact) mass is 271 g/mol. The summed E-state index contributed by atoms with van der Waals surface area (Å²) in [7, 11) is 0.